The highest BCUT2D eigenvalue weighted by Crippen LogP contribution is 2.14. The van der Waals surface area contributed by atoms with Crippen molar-refractivity contribution in [1.82, 2.24) is 0 Å². The lowest BCUT2D eigenvalue weighted by molar-refractivity contribution is 0.0801. The molecule has 0 spiro atoms. The van der Waals surface area contributed by atoms with Gasteiger partial charge in [0, 0.05) is 5.02 Å². The van der Waals surface area contributed by atoms with Gasteiger partial charge >= 0.3 is 18.4 Å². The third-order valence-corrected chi connectivity index (χ3v) is 1.46. The number of hydrogen-bond acceptors (Lipinski definition) is 5. The van der Waals surface area contributed by atoms with Crippen LogP contribution in [0.15, 0.2) is 24.3 Å². The molecule has 18 heavy (non-hydrogen) atoms. The van der Waals surface area contributed by atoms with E-state index >= 15 is 0 Å². The van der Waals surface area contributed by atoms with Gasteiger partial charge in [0.15, 0.2) is 0 Å². The van der Waals surface area contributed by atoms with E-state index in [9.17, 15) is 14.4 Å². The molecule has 0 aliphatic heterocycles. The highest BCUT2D eigenvalue weighted by Gasteiger charge is 2.01. The summed E-state index contributed by atoms with van der Waals surface area (Å²) in [6.45, 7) is 0. The number of rotatable bonds is 1. The average Bonchev–Trinajstić information content (AvgIpc) is 2.19. The van der Waals surface area contributed by atoms with Crippen LogP contribution >= 0.6 is 11.6 Å². The van der Waals surface area contributed by atoms with Crippen molar-refractivity contribution in [2.24, 2.45) is 5.73 Å². The highest BCUT2D eigenvalue weighted by molar-refractivity contribution is 6.30. The predicted octanol–water partition coefficient (Wildman–Crippen LogP) is 2.16. The lowest BCUT2D eigenvalue weighted by Gasteiger charge is -1.98. The van der Waals surface area contributed by atoms with Gasteiger partial charge in [0.1, 0.15) is 5.75 Å². The Morgan fingerprint density at radius 1 is 1.06 bits per heavy atom. The summed E-state index contributed by atoms with van der Waals surface area (Å²) in [6.07, 6.45) is -4.45. The van der Waals surface area contributed by atoms with Gasteiger partial charge < -0.3 is 25.4 Å². The van der Waals surface area contributed by atoms with E-state index in [0.29, 0.717) is 10.8 Å². The van der Waals surface area contributed by atoms with Gasteiger partial charge in [-0.15, -0.1) is 0 Å². The molecular weight excluding hydrogens is 270 g/mol. The molecule has 0 saturated carbocycles. The molecule has 0 atom stereocenters. The maximum absolute atomic E-state index is 10.2. The number of halogens is 1. The molecule has 0 aliphatic carbocycles. The molecule has 4 N–H and O–H groups in total. The summed E-state index contributed by atoms with van der Waals surface area (Å²) >= 11 is 5.58. The first-order valence-corrected chi connectivity index (χ1v) is 4.55. The van der Waals surface area contributed by atoms with E-state index in [4.69, 9.17) is 27.5 Å². The maximum Gasteiger partial charge on any atom is 0.516 e. The lowest BCUT2D eigenvalue weighted by Crippen LogP contribution is -2.15. The Balaban J connectivity index is 0.000000360. The van der Waals surface area contributed by atoms with E-state index in [0.717, 1.165) is 0 Å². The minimum absolute atomic E-state index is 0.391. The Morgan fingerprint density at radius 3 is 1.78 bits per heavy atom. The zero-order valence-electron chi connectivity index (χ0n) is 8.70. The van der Waals surface area contributed by atoms with Gasteiger partial charge in [-0.2, -0.15) is 0 Å². The molecule has 0 aromatic heterocycles. The Hall–Kier alpha value is -2.48. The summed E-state index contributed by atoms with van der Waals surface area (Å²) in [6, 6.07) is 6.35. The van der Waals surface area contributed by atoms with Crippen LogP contribution in [0.4, 0.5) is 14.4 Å². The van der Waals surface area contributed by atoms with Crippen molar-refractivity contribution in [1.29, 1.82) is 0 Å². The summed E-state index contributed by atoms with van der Waals surface area (Å²) in [4.78, 5) is 28.6. The molecule has 0 bridgehead atoms. The summed E-state index contributed by atoms with van der Waals surface area (Å²) < 4.78 is 7.63. The number of ether oxygens (including phenoxy) is 2. The van der Waals surface area contributed by atoms with Crippen molar-refractivity contribution >= 4 is 30.0 Å². The lowest BCUT2D eigenvalue weighted by atomic mass is 10.3. The number of benzene rings is 1. The number of carbonyl (C=O) groups excluding carboxylic acids is 1. The second-order valence-electron chi connectivity index (χ2n) is 2.51. The minimum atomic E-state index is -1.81. The van der Waals surface area contributed by atoms with Crippen LogP contribution in [-0.2, 0) is 4.74 Å². The normalized spacial score (nSPS) is 8.50. The van der Waals surface area contributed by atoms with Gasteiger partial charge in [-0.1, -0.05) is 11.6 Å². The fraction of sp³-hybridized carbons (Fsp3) is 0. The number of primary amides is 1. The monoisotopic (exact) mass is 277 g/mol. The van der Waals surface area contributed by atoms with Gasteiger partial charge in [0.25, 0.3) is 0 Å². The average molecular weight is 278 g/mol. The van der Waals surface area contributed by atoms with Crippen molar-refractivity contribution < 1.29 is 34.1 Å². The third-order valence-electron chi connectivity index (χ3n) is 1.21. The molecular formula is C9H8ClNO7. The van der Waals surface area contributed by atoms with Gasteiger partial charge in [-0.25, -0.2) is 14.4 Å². The number of carbonyl (C=O) groups is 3. The van der Waals surface area contributed by atoms with Gasteiger partial charge in [-0.05, 0) is 24.3 Å². The second kappa shape index (κ2) is 7.74. The zero-order valence-corrected chi connectivity index (χ0v) is 9.46. The van der Waals surface area contributed by atoms with Crippen LogP contribution < -0.4 is 10.5 Å². The van der Waals surface area contributed by atoms with E-state index < -0.39 is 18.4 Å². The topological polar surface area (TPSA) is 136 Å². The van der Waals surface area contributed by atoms with Crippen molar-refractivity contribution in [3.63, 3.8) is 0 Å². The van der Waals surface area contributed by atoms with Crippen molar-refractivity contribution in [2.75, 3.05) is 0 Å². The van der Waals surface area contributed by atoms with Crippen LogP contribution in [0, 0.1) is 0 Å². The van der Waals surface area contributed by atoms with E-state index in [1.807, 2.05) is 0 Å². The molecule has 1 rings (SSSR count). The number of amides is 1. The quantitative estimate of drug-likeness (QED) is 0.528. The van der Waals surface area contributed by atoms with E-state index in [-0.39, 0.29) is 0 Å². The predicted molar refractivity (Wildman–Crippen MR) is 58.8 cm³/mol. The van der Waals surface area contributed by atoms with Gasteiger partial charge in [0.2, 0.25) is 0 Å². The summed E-state index contributed by atoms with van der Waals surface area (Å²) in [5.74, 6) is 0.391. The van der Waals surface area contributed by atoms with Crippen LogP contribution in [0.2, 0.25) is 5.02 Å². The molecule has 0 radical (unpaired) electrons. The fourth-order valence-corrected chi connectivity index (χ4v) is 0.819. The first kappa shape index (κ1) is 15.5. The number of carboxylic acid groups (broad SMARTS) is 2. The Bertz CT molecular complexity index is 419. The Labute approximate surface area is 105 Å². The van der Waals surface area contributed by atoms with E-state index in [1.54, 1.807) is 24.3 Å². The molecule has 98 valence electrons. The molecule has 0 unspecified atom stereocenters. The SMILES string of the molecule is NC(=O)Oc1ccc(Cl)cc1.O=C(O)OC(=O)O. The smallest absolute Gasteiger partial charge is 0.449 e. The third kappa shape index (κ3) is 8.80. The molecule has 1 aromatic carbocycles. The largest absolute Gasteiger partial charge is 0.516 e. The first-order chi connectivity index (χ1) is 8.31. The summed E-state index contributed by atoms with van der Waals surface area (Å²) in [5, 5.41) is 15.5. The maximum atomic E-state index is 10.2. The van der Waals surface area contributed by atoms with Crippen LogP contribution in [-0.4, -0.2) is 28.6 Å². The molecule has 9 heteroatoms. The number of nitrogens with two attached hydrogens (primary N) is 1. The van der Waals surface area contributed by atoms with Crippen molar-refractivity contribution in [3.8, 4) is 5.75 Å². The van der Waals surface area contributed by atoms with Crippen LogP contribution in [0.25, 0.3) is 0 Å². The molecule has 1 aromatic rings. The van der Waals surface area contributed by atoms with E-state index in [1.165, 1.54) is 0 Å². The second-order valence-corrected chi connectivity index (χ2v) is 2.95. The highest BCUT2D eigenvalue weighted by atomic mass is 35.5. The van der Waals surface area contributed by atoms with E-state index in [2.05, 4.69) is 9.47 Å². The standard InChI is InChI=1S/C7H6ClNO2.C2H2O5/c8-5-1-3-6(4-2-5)11-7(9)10;3-1(4)7-2(5)6/h1-4H,(H2,9,10);(H,3,4)(H,5,6). The molecule has 0 fully saturated rings. The molecule has 0 heterocycles. The van der Waals surface area contributed by atoms with Gasteiger partial charge in [-0.3, -0.25) is 0 Å². The summed E-state index contributed by atoms with van der Waals surface area (Å²) in [5.41, 5.74) is 4.77. The zero-order chi connectivity index (χ0) is 14.1. The minimum Gasteiger partial charge on any atom is -0.449 e. The van der Waals surface area contributed by atoms with Crippen LogP contribution in [0.3, 0.4) is 0 Å². The molecule has 1 amide bonds. The van der Waals surface area contributed by atoms with Gasteiger partial charge in [0.05, 0.1) is 0 Å². The Kier molecular flexibility index (Phi) is 6.67. The molecule has 0 aliphatic rings. The van der Waals surface area contributed by atoms with Crippen molar-refractivity contribution in [3.05, 3.63) is 29.3 Å². The summed E-state index contributed by atoms with van der Waals surface area (Å²) in [7, 11) is 0. The fourth-order valence-electron chi connectivity index (χ4n) is 0.693. The Morgan fingerprint density at radius 2 is 1.50 bits per heavy atom. The first-order valence-electron chi connectivity index (χ1n) is 4.18. The number of hydrogen-bond donors (Lipinski definition) is 3. The van der Waals surface area contributed by atoms with Crippen molar-refractivity contribution in [2.45, 2.75) is 0 Å². The van der Waals surface area contributed by atoms with Crippen LogP contribution in [0.1, 0.15) is 0 Å². The van der Waals surface area contributed by atoms with Crippen LogP contribution in [0.5, 0.6) is 5.75 Å². The molecule has 0 saturated heterocycles. The molecule has 8 nitrogen and oxygen atoms in total.